The number of primary amides is 1. The van der Waals surface area contributed by atoms with Crippen LogP contribution in [0.4, 0.5) is 5.69 Å². The molecule has 6 amide bonds. The lowest BCUT2D eigenvalue weighted by atomic mass is 9.89. The van der Waals surface area contributed by atoms with E-state index in [9.17, 15) is 48.6 Å². The largest absolute Gasteiger partial charge is 0.481 e. The van der Waals surface area contributed by atoms with E-state index in [-0.39, 0.29) is 49.8 Å². The number of aromatic amines is 1. The van der Waals surface area contributed by atoms with Gasteiger partial charge in [0.25, 0.3) is 5.91 Å². The molecular weight excluding hydrogens is 939 g/mol. The molecule has 0 fully saturated rings. The van der Waals surface area contributed by atoms with Gasteiger partial charge in [0.15, 0.2) is 0 Å². The zero-order chi connectivity index (χ0) is 52.9. The first kappa shape index (κ1) is 53.8. The summed E-state index contributed by atoms with van der Waals surface area (Å²) in [7, 11) is 8.97. The number of benzene rings is 4. The quantitative estimate of drug-likeness (QED) is 0.0240. The van der Waals surface area contributed by atoms with Crippen molar-refractivity contribution in [2.75, 3.05) is 46.7 Å². The van der Waals surface area contributed by atoms with Crippen LogP contribution in [0.15, 0.2) is 89.5 Å². The second-order valence-electron chi connectivity index (χ2n) is 18.1. The summed E-state index contributed by atoms with van der Waals surface area (Å²) >= 11 is 0. The topological polar surface area (TPSA) is 298 Å². The van der Waals surface area contributed by atoms with Crippen molar-refractivity contribution in [1.82, 2.24) is 36.1 Å². The Kier molecular flexibility index (Phi) is 18.1. The molecule has 73 heavy (non-hydrogen) atoms. The van der Waals surface area contributed by atoms with Crippen LogP contribution in [0.2, 0.25) is 0 Å². The lowest BCUT2D eigenvalue weighted by Crippen LogP contribution is -2.57. The first-order chi connectivity index (χ1) is 34.8. The van der Waals surface area contributed by atoms with E-state index in [1.54, 1.807) is 18.3 Å². The van der Waals surface area contributed by atoms with Crippen LogP contribution in [-0.2, 0) is 35.2 Å². The molecule has 20 nitrogen and oxygen atoms in total. The molecule has 0 saturated carbocycles. The van der Waals surface area contributed by atoms with Gasteiger partial charge < -0.3 is 56.8 Å². The predicted molar refractivity (Wildman–Crippen MR) is 275 cm³/mol. The van der Waals surface area contributed by atoms with Crippen molar-refractivity contribution < 1.29 is 53.0 Å². The summed E-state index contributed by atoms with van der Waals surface area (Å²) in [6, 6.07) is 19.3. The number of nitrogens with two attached hydrogens (primary N) is 1. The van der Waals surface area contributed by atoms with Gasteiger partial charge in [0.2, 0.25) is 34.9 Å². The van der Waals surface area contributed by atoms with Gasteiger partial charge in [0.05, 0.1) is 11.6 Å². The molecule has 20 heteroatoms. The number of hydrogen-bond donors (Lipinski definition) is 9. The highest BCUT2D eigenvalue weighted by molar-refractivity contribution is 6.09. The summed E-state index contributed by atoms with van der Waals surface area (Å²) in [6.45, 7) is 0.230. The van der Waals surface area contributed by atoms with Gasteiger partial charge in [-0.25, -0.2) is 9.37 Å². The number of hydrogen-bond acceptors (Lipinski definition) is 10. The summed E-state index contributed by atoms with van der Waals surface area (Å²) in [5, 5.41) is 35.1. The third-order valence-corrected chi connectivity index (χ3v) is 12.5. The number of unbranched alkanes of at least 4 members (excludes halogenated alkanes) is 2. The summed E-state index contributed by atoms with van der Waals surface area (Å²) in [5.41, 5.74) is 10.1. The fraction of sp³-hybridized carbons (Fsp3) is 0.340. The highest BCUT2D eigenvalue weighted by Gasteiger charge is 2.31. The Hall–Kier alpha value is -8.55. The number of aliphatic carboxylic acids is 1. The van der Waals surface area contributed by atoms with Gasteiger partial charge in [-0.3, -0.25) is 33.6 Å². The first-order valence-corrected chi connectivity index (χ1v) is 23.9. The number of nitrogens with zero attached hydrogens (tertiary/aromatic N) is 2. The average Bonchev–Trinajstić information content (AvgIpc) is 3.77. The number of carboxylic acids is 2. The van der Waals surface area contributed by atoms with Crippen LogP contribution in [-0.4, -0.2) is 122 Å². The van der Waals surface area contributed by atoms with E-state index < -0.39 is 71.9 Å². The van der Waals surface area contributed by atoms with Crippen LogP contribution in [0.25, 0.3) is 44.3 Å². The Balaban J connectivity index is 1.11. The maximum absolute atomic E-state index is 13.9. The number of likely N-dealkylation sites (N-methyl/N-ethyl adjacent to an activating group) is 1. The molecule has 0 spiro atoms. The van der Waals surface area contributed by atoms with Gasteiger partial charge >= 0.3 is 11.9 Å². The third-order valence-electron chi connectivity index (χ3n) is 12.5. The van der Waals surface area contributed by atoms with Gasteiger partial charge in [0, 0.05) is 110 Å². The molecular formula is C53H62N9O11+. The monoisotopic (exact) mass is 1000 g/mol. The van der Waals surface area contributed by atoms with E-state index in [1.165, 1.54) is 19.2 Å². The number of carboxylic acid groups (broad SMARTS) is 2. The number of fused-ring (bicyclic) bond motifs is 3. The molecule has 6 rings (SSSR count). The molecule has 1 aliphatic carbocycles. The lowest BCUT2D eigenvalue weighted by molar-refractivity contribution is -0.138. The number of aromatic carboxylic acids is 1. The minimum absolute atomic E-state index is 0.00284. The van der Waals surface area contributed by atoms with Gasteiger partial charge in [-0.2, -0.15) is 0 Å². The van der Waals surface area contributed by atoms with Crippen LogP contribution in [0.5, 0.6) is 0 Å². The number of rotatable bonds is 24. The summed E-state index contributed by atoms with van der Waals surface area (Å²) < 4.78 is 8.35. The third kappa shape index (κ3) is 13.9. The molecule has 384 valence electrons. The van der Waals surface area contributed by atoms with Crippen LogP contribution >= 0.6 is 0 Å². The molecule has 3 aromatic carbocycles. The Bertz CT molecular complexity index is 3100. The van der Waals surface area contributed by atoms with Crippen molar-refractivity contribution in [3.8, 4) is 22.5 Å². The second-order valence-corrected chi connectivity index (χ2v) is 18.1. The van der Waals surface area contributed by atoms with Crippen molar-refractivity contribution in [2.45, 2.75) is 75.9 Å². The molecule has 4 aromatic rings. The maximum Gasteiger partial charge on any atom is 0.336 e. The normalized spacial score (nSPS) is 12.3. The Labute approximate surface area is 420 Å². The van der Waals surface area contributed by atoms with E-state index in [4.69, 9.17) is 10.2 Å². The molecule has 2 aliphatic rings. The van der Waals surface area contributed by atoms with E-state index in [0.29, 0.717) is 58.2 Å². The number of H-pyrrole nitrogens is 1. The van der Waals surface area contributed by atoms with Gasteiger partial charge in [-0.15, -0.1) is 0 Å². The number of nitrogens with one attached hydrogen (secondary N) is 6. The number of aromatic nitrogens is 1. The Morgan fingerprint density at radius 1 is 0.740 bits per heavy atom. The molecule has 3 atom stereocenters. The summed E-state index contributed by atoms with van der Waals surface area (Å²) in [4.78, 5) is 108. The maximum atomic E-state index is 13.9. The molecule has 0 saturated heterocycles. The average molecular weight is 1000 g/mol. The second kappa shape index (κ2) is 24.5. The lowest BCUT2D eigenvalue weighted by Gasteiger charge is -2.25. The van der Waals surface area contributed by atoms with Crippen molar-refractivity contribution in [3.05, 3.63) is 107 Å². The minimum Gasteiger partial charge on any atom is -0.481 e. The Morgan fingerprint density at radius 3 is 2.15 bits per heavy atom. The van der Waals surface area contributed by atoms with E-state index in [0.717, 1.165) is 21.9 Å². The fourth-order valence-corrected chi connectivity index (χ4v) is 8.49. The number of carbonyl (C=O) groups is 8. The van der Waals surface area contributed by atoms with Crippen molar-refractivity contribution in [1.29, 1.82) is 0 Å². The predicted octanol–water partition coefficient (Wildman–Crippen LogP) is 3.35. The smallest absolute Gasteiger partial charge is 0.336 e. The minimum atomic E-state index is -1.31. The standard InChI is InChI=1S/C53H61N9O11/c1-55-50(68)40(21-23-47(65)66)59-52(70)42(26-31-29-57-39-12-9-8-11-34(31)39)60-51(69)41(20-22-45(54)63)58-46(64)13-7-6-10-24-56-49(67)30-14-17-35(53(71)72)38(25-30)48-36-18-15-32(61(2)3)27-43(36)73-44-28-33(62(4)5)16-19-37(44)48/h8-9,11-12,14-19,25,27-29,40-42,57H,6-7,10,13,20-24,26H2,1-5H3,(H8-,54,55,56,58,59,60,63,64,65,66,67,68,69,70,71,72)/p+1/t40-,41-,42-/m0/s1. The van der Waals surface area contributed by atoms with Gasteiger partial charge in [-0.1, -0.05) is 24.6 Å². The molecule has 0 radical (unpaired) electrons. The summed E-state index contributed by atoms with van der Waals surface area (Å²) in [5.74, 6) is -5.69. The van der Waals surface area contributed by atoms with Crippen molar-refractivity contribution in [3.63, 3.8) is 0 Å². The van der Waals surface area contributed by atoms with E-state index in [2.05, 4.69) is 31.6 Å². The van der Waals surface area contributed by atoms with Crippen molar-refractivity contribution in [2.24, 2.45) is 5.73 Å². The molecule has 1 aliphatic heterocycles. The molecule has 1 aromatic heterocycles. The van der Waals surface area contributed by atoms with Crippen LogP contribution in [0, 0.1) is 0 Å². The zero-order valence-corrected chi connectivity index (χ0v) is 41.4. The first-order valence-electron chi connectivity index (χ1n) is 23.9. The number of amides is 6. The zero-order valence-electron chi connectivity index (χ0n) is 41.4. The Morgan fingerprint density at radius 2 is 1.45 bits per heavy atom. The van der Waals surface area contributed by atoms with E-state index >= 15 is 0 Å². The molecule has 0 unspecified atom stereocenters. The van der Waals surface area contributed by atoms with Crippen LogP contribution < -0.4 is 47.2 Å². The van der Waals surface area contributed by atoms with Gasteiger partial charge in [-0.05, 0) is 79.3 Å². The SMILES string of the molecule is CNC(=O)[C@H](CCC(=O)O)NC(=O)[C@H](Cc1c[nH]c2ccccc12)NC(=O)[C@H](CCC(N)=O)NC(=O)CCCCCNC(=O)c1ccc(C(=O)O)c(-c2c3ccc(=[N+](C)C)cc-3oc3cc(N(C)C)ccc23)c1. The van der Waals surface area contributed by atoms with E-state index in [1.807, 2.05) is 92.3 Å². The number of carbonyl (C=O) groups excluding carboxylic acids is 6. The number of anilines is 1. The molecule has 10 N–H and O–H groups in total. The highest BCUT2D eigenvalue weighted by atomic mass is 16.4. The highest BCUT2D eigenvalue weighted by Crippen LogP contribution is 2.42. The van der Waals surface area contributed by atoms with Gasteiger partial charge in [0.1, 0.15) is 43.6 Å². The molecule has 0 bridgehead atoms. The molecule has 2 heterocycles. The number of para-hydroxylation sites is 1. The fourth-order valence-electron chi connectivity index (χ4n) is 8.49. The van der Waals surface area contributed by atoms with Crippen LogP contribution in [0.1, 0.15) is 77.6 Å². The van der Waals surface area contributed by atoms with Crippen LogP contribution in [0.3, 0.4) is 0 Å². The summed E-state index contributed by atoms with van der Waals surface area (Å²) in [6.07, 6.45) is 1.82. The van der Waals surface area contributed by atoms with Crippen molar-refractivity contribution >= 4 is 74.9 Å².